The van der Waals surface area contributed by atoms with Gasteiger partial charge in [0.1, 0.15) is 12.1 Å². The number of nitrogens with two attached hydrogens (primary N) is 1. The minimum absolute atomic E-state index is 0.0416. The zero-order valence-corrected chi connectivity index (χ0v) is 22.2. The Hall–Kier alpha value is -2.38. The molecule has 2 fully saturated rings. The van der Waals surface area contributed by atoms with Crippen LogP contribution in [0.4, 0.5) is 4.39 Å². The van der Waals surface area contributed by atoms with Crippen LogP contribution in [0.5, 0.6) is 0 Å². The molecule has 2 aromatic rings. The second kappa shape index (κ2) is 11.4. The average molecular weight is 576 g/mol. The summed E-state index contributed by atoms with van der Waals surface area (Å²) in [5, 5.41) is 0.466. The fourth-order valence-electron chi connectivity index (χ4n) is 4.20. The molecule has 0 radical (unpaired) electrons. The quantitative estimate of drug-likeness (QED) is 0.354. The topological polar surface area (TPSA) is 161 Å². The van der Waals surface area contributed by atoms with Crippen molar-refractivity contribution in [3.05, 3.63) is 68.0 Å². The maximum atomic E-state index is 16.2. The van der Waals surface area contributed by atoms with Crippen LogP contribution in [0.3, 0.4) is 0 Å². The van der Waals surface area contributed by atoms with E-state index in [-0.39, 0.29) is 13.0 Å². The van der Waals surface area contributed by atoms with Gasteiger partial charge in [0.05, 0.1) is 19.3 Å². The molecule has 0 spiro atoms. The monoisotopic (exact) mass is 575 g/mol. The van der Waals surface area contributed by atoms with Crippen molar-refractivity contribution in [1.29, 1.82) is 0 Å². The summed E-state index contributed by atoms with van der Waals surface area (Å²) in [5.41, 5.74) is 2.28. The van der Waals surface area contributed by atoms with Crippen molar-refractivity contribution in [2.75, 3.05) is 13.2 Å². The second-order valence-electron chi connectivity index (χ2n) is 9.08. The molecule has 0 bridgehead atoms. The lowest BCUT2D eigenvalue weighted by atomic mass is 9.98. The first-order valence-electron chi connectivity index (χ1n) is 11.9. The fourth-order valence-corrected chi connectivity index (χ4v) is 5.79. The average Bonchev–Trinajstić information content (AvgIpc) is 3.11. The van der Waals surface area contributed by atoms with E-state index < -0.39 is 67.9 Å². The highest BCUT2D eigenvalue weighted by molar-refractivity contribution is 7.48. The van der Waals surface area contributed by atoms with Gasteiger partial charge < -0.3 is 15.2 Å². The first-order chi connectivity index (χ1) is 17.9. The van der Waals surface area contributed by atoms with E-state index in [1.807, 2.05) is 4.98 Å². The summed E-state index contributed by atoms with van der Waals surface area (Å²) >= 11 is 6.05. The van der Waals surface area contributed by atoms with Crippen molar-refractivity contribution in [2.24, 2.45) is 5.73 Å². The molecule has 2 saturated heterocycles. The number of aromatic nitrogens is 2. The molecule has 208 valence electrons. The first-order valence-corrected chi connectivity index (χ1v) is 13.7. The molecule has 38 heavy (non-hydrogen) atoms. The predicted molar refractivity (Wildman–Crippen MR) is 132 cm³/mol. The SMILES string of the molecule is CC[C@H](N)C(=O)O[C@@H]1[C@@H](COP2(=O)OCC[C@@H](c3cccc(Cl)c3)O2)O[C@@H](n2ccc(=O)[nH]c2=O)[C@]1(C)F. The third kappa shape index (κ3) is 6.09. The van der Waals surface area contributed by atoms with E-state index in [1.165, 1.54) is 0 Å². The van der Waals surface area contributed by atoms with E-state index in [0.29, 0.717) is 17.0 Å². The number of nitrogens with one attached hydrogen (secondary N) is 1. The predicted octanol–water partition coefficient (Wildman–Crippen LogP) is 2.77. The van der Waals surface area contributed by atoms with Crippen LogP contribution >= 0.6 is 19.4 Å². The van der Waals surface area contributed by atoms with Gasteiger partial charge in [0.15, 0.2) is 18.0 Å². The molecule has 2 aliphatic heterocycles. The van der Waals surface area contributed by atoms with E-state index >= 15 is 4.39 Å². The standard InChI is InChI=1S/C23H28ClFN3O9P/c1-3-15(26)20(30)36-19-17(35-21(23(19,2)25)28-9-7-18(29)27-22(28)31)12-34-38(32)33-10-8-16(37-38)13-5-4-6-14(24)11-13/h4-7,9,11,15-17,19,21H,3,8,10,12,26H2,1-2H3,(H,27,29,31)/t15-,16-,17+,19+,21+,23+,38?/m0/s1. The number of rotatable bonds is 8. The summed E-state index contributed by atoms with van der Waals surface area (Å²) in [6, 6.07) is 6.78. The molecule has 3 heterocycles. The van der Waals surface area contributed by atoms with Crippen molar-refractivity contribution in [3.8, 4) is 0 Å². The Balaban J connectivity index is 1.56. The zero-order valence-electron chi connectivity index (χ0n) is 20.6. The summed E-state index contributed by atoms with van der Waals surface area (Å²) in [6.45, 7) is 2.16. The molecule has 4 rings (SSSR count). The number of H-pyrrole nitrogens is 1. The molecule has 1 aromatic heterocycles. The Bertz CT molecular complexity index is 1340. The number of aromatic amines is 1. The minimum Gasteiger partial charge on any atom is -0.455 e. The lowest BCUT2D eigenvalue weighted by Gasteiger charge is -2.31. The largest absolute Gasteiger partial charge is 0.475 e. The summed E-state index contributed by atoms with van der Waals surface area (Å²) in [5.74, 6) is -0.901. The first kappa shape index (κ1) is 28.6. The number of phosphoric acid groups is 1. The van der Waals surface area contributed by atoms with Crippen molar-refractivity contribution < 1.29 is 36.8 Å². The maximum absolute atomic E-state index is 16.2. The van der Waals surface area contributed by atoms with Gasteiger partial charge >= 0.3 is 19.5 Å². The van der Waals surface area contributed by atoms with E-state index in [1.54, 1.807) is 31.2 Å². The van der Waals surface area contributed by atoms with Crippen LogP contribution in [0, 0.1) is 0 Å². The number of carbonyl (C=O) groups is 1. The summed E-state index contributed by atoms with van der Waals surface area (Å²) in [4.78, 5) is 38.3. The summed E-state index contributed by atoms with van der Waals surface area (Å²) < 4.78 is 57.8. The smallest absolute Gasteiger partial charge is 0.455 e. The highest BCUT2D eigenvalue weighted by Gasteiger charge is 2.59. The number of phosphoric ester groups is 1. The Labute approximate surface area is 221 Å². The maximum Gasteiger partial charge on any atom is 0.475 e. The van der Waals surface area contributed by atoms with Gasteiger partial charge in [0.25, 0.3) is 5.56 Å². The van der Waals surface area contributed by atoms with Gasteiger partial charge in [0.2, 0.25) is 0 Å². The lowest BCUT2D eigenvalue weighted by molar-refractivity contribution is -0.160. The molecule has 0 aliphatic carbocycles. The van der Waals surface area contributed by atoms with Crippen molar-refractivity contribution in [1.82, 2.24) is 9.55 Å². The van der Waals surface area contributed by atoms with Crippen molar-refractivity contribution in [2.45, 2.75) is 62.9 Å². The van der Waals surface area contributed by atoms with Crippen molar-refractivity contribution in [3.63, 3.8) is 0 Å². The van der Waals surface area contributed by atoms with Crippen LogP contribution in [0.25, 0.3) is 0 Å². The van der Waals surface area contributed by atoms with Crippen LogP contribution in [0.2, 0.25) is 5.02 Å². The molecule has 15 heteroatoms. The van der Waals surface area contributed by atoms with Gasteiger partial charge in [-0.15, -0.1) is 0 Å². The van der Waals surface area contributed by atoms with Crippen LogP contribution < -0.4 is 17.0 Å². The molecule has 2 aliphatic rings. The van der Waals surface area contributed by atoms with E-state index in [9.17, 15) is 18.9 Å². The molecular weight excluding hydrogens is 548 g/mol. The van der Waals surface area contributed by atoms with Crippen molar-refractivity contribution >= 4 is 25.4 Å². The third-order valence-electron chi connectivity index (χ3n) is 6.27. The number of benzene rings is 1. The zero-order chi connectivity index (χ0) is 27.7. The highest BCUT2D eigenvalue weighted by Crippen LogP contribution is 2.57. The van der Waals surface area contributed by atoms with E-state index in [4.69, 9.17) is 40.4 Å². The number of hydrogen-bond donors (Lipinski definition) is 2. The minimum atomic E-state index is -4.16. The Morgan fingerprint density at radius 1 is 1.39 bits per heavy atom. The Morgan fingerprint density at radius 2 is 2.16 bits per heavy atom. The van der Waals surface area contributed by atoms with Crippen LogP contribution in [0.1, 0.15) is 44.6 Å². The number of nitrogens with zero attached hydrogens (tertiary/aromatic N) is 1. The van der Waals surface area contributed by atoms with Crippen LogP contribution in [-0.2, 0) is 32.4 Å². The number of ether oxygens (including phenoxy) is 2. The van der Waals surface area contributed by atoms with Gasteiger partial charge in [0, 0.05) is 23.7 Å². The van der Waals surface area contributed by atoms with Gasteiger partial charge in [-0.1, -0.05) is 30.7 Å². The number of hydrogen-bond acceptors (Lipinski definition) is 10. The molecule has 1 unspecified atom stereocenters. The van der Waals surface area contributed by atoms with Crippen LogP contribution in [-0.4, -0.2) is 52.7 Å². The van der Waals surface area contributed by atoms with Gasteiger partial charge in [-0.2, -0.15) is 0 Å². The number of carbonyl (C=O) groups excluding carboxylic acids is 1. The van der Waals surface area contributed by atoms with Gasteiger partial charge in [-0.3, -0.25) is 32.7 Å². The number of halogens is 2. The molecule has 12 nitrogen and oxygen atoms in total. The highest BCUT2D eigenvalue weighted by atomic mass is 35.5. The van der Waals surface area contributed by atoms with Gasteiger partial charge in [-0.25, -0.2) is 13.8 Å². The second-order valence-corrected chi connectivity index (χ2v) is 11.1. The number of alkyl halides is 1. The van der Waals surface area contributed by atoms with Gasteiger partial charge in [-0.05, 0) is 31.0 Å². The third-order valence-corrected chi connectivity index (χ3v) is 7.99. The molecular formula is C23H28ClFN3O9P. The van der Waals surface area contributed by atoms with E-state index in [2.05, 4.69) is 0 Å². The molecule has 7 atom stereocenters. The van der Waals surface area contributed by atoms with Crippen LogP contribution in [0.15, 0.2) is 46.1 Å². The molecule has 0 saturated carbocycles. The molecule has 1 aromatic carbocycles. The molecule has 3 N–H and O–H groups in total. The normalized spacial score (nSPS) is 32.1. The Kier molecular flexibility index (Phi) is 8.58. The van der Waals surface area contributed by atoms with E-state index in [0.717, 1.165) is 23.8 Å². The summed E-state index contributed by atoms with van der Waals surface area (Å²) in [7, 11) is -4.16. The Morgan fingerprint density at radius 3 is 2.84 bits per heavy atom. The lowest BCUT2D eigenvalue weighted by Crippen LogP contribution is -2.48. The molecule has 0 amide bonds. The summed E-state index contributed by atoms with van der Waals surface area (Å²) in [6.07, 6.45) is -3.61. The fraction of sp³-hybridized carbons (Fsp3) is 0.522. The number of esters is 1.